The molecule has 5 N–H and O–H groups in total. The summed E-state index contributed by atoms with van der Waals surface area (Å²) in [5.41, 5.74) is 8.22. The maximum Gasteiger partial charge on any atom is 0.0737 e. The van der Waals surface area contributed by atoms with Gasteiger partial charge in [0.25, 0.3) is 0 Å². The molecule has 0 amide bonds. The van der Waals surface area contributed by atoms with Crippen molar-refractivity contribution < 1.29 is 15.1 Å². The number of hydroxylamine groups is 1. The summed E-state index contributed by atoms with van der Waals surface area (Å²) in [6.07, 6.45) is 15.0. The van der Waals surface area contributed by atoms with Gasteiger partial charge in [0.2, 0.25) is 0 Å². The second-order valence-corrected chi connectivity index (χ2v) is 11.2. The Hall–Kier alpha value is -0.460. The Morgan fingerprint density at radius 3 is 2.70 bits per heavy atom. The van der Waals surface area contributed by atoms with Gasteiger partial charge in [0.15, 0.2) is 0 Å². The van der Waals surface area contributed by atoms with Gasteiger partial charge in [0.1, 0.15) is 0 Å². The lowest BCUT2D eigenvalue weighted by Gasteiger charge is -2.63. The molecular weight excluding hydrogens is 376 g/mol. The largest absolute Gasteiger partial charge is 0.393 e. The van der Waals surface area contributed by atoms with Crippen molar-refractivity contribution in [2.75, 3.05) is 19.7 Å². The lowest BCUT2D eigenvalue weighted by Crippen LogP contribution is -2.62. The summed E-state index contributed by atoms with van der Waals surface area (Å²) in [5.74, 6) is 2.11. The van der Waals surface area contributed by atoms with Crippen LogP contribution in [0.5, 0.6) is 0 Å². The number of allylic oxidation sites excluding steroid dienone is 1. The van der Waals surface area contributed by atoms with Crippen LogP contribution >= 0.6 is 0 Å². The Bertz CT molecular complexity index is 628. The number of aliphatic hydroxyl groups excluding tert-OH is 1. The van der Waals surface area contributed by atoms with Gasteiger partial charge in [-0.1, -0.05) is 26.0 Å². The zero-order valence-corrected chi connectivity index (χ0v) is 19.1. The monoisotopic (exact) mass is 420 g/mol. The van der Waals surface area contributed by atoms with Crippen molar-refractivity contribution in [3.63, 3.8) is 0 Å². The fraction of sp³-hybridized carbons (Fsp3) is 0.920. The lowest BCUT2D eigenvalue weighted by molar-refractivity contribution is -0.207. The van der Waals surface area contributed by atoms with Crippen molar-refractivity contribution in [3.05, 3.63) is 12.2 Å². The van der Waals surface area contributed by atoms with Crippen LogP contribution in [-0.2, 0) is 4.84 Å². The predicted octanol–water partition coefficient (Wildman–Crippen LogP) is 3.55. The number of hydrogen-bond donors (Lipinski definition) is 4. The molecule has 0 spiro atoms. The Labute approximate surface area is 182 Å². The fourth-order valence-corrected chi connectivity index (χ4v) is 8.12. The molecule has 4 saturated carbocycles. The molecule has 0 radical (unpaired) electrons. The molecule has 0 aromatic rings. The maximum absolute atomic E-state index is 12.2. The van der Waals surface area contributed by atoms with Crippen molar-refractivity contribution in [2.24, 2.45) is 40.2 Å². The average molecular weight is 421 g/mol. The van der Waals surface area contributed by atoms with E-state index in [1.54, 1.807) is 0 Å². The minimum Gasteiger partial charge on any atom is -0.393 e. The van der Waals surface area contributed by atoms with Crippen molar-refractivity contribution in [2.45, 2.75) is 89.8 Å². The highest BCUT2D eigenvalue weighted by Gasteiger charge is 2.66. The second-order valence-electron chi connectivity index (χ2n) is 11.2. The number of rotatable bonds is 7. The molecule has 4 fully saturated rings. The molecule has 0 aromatic heterocycles. The van der Waals surface area contributed by atoms with Gasteiger partial charge >= 0.3 is 0 Å². The van der Waals surface area contributed by atoms with Crippen molar-refractivity contribution in [1.82, 2.24) is 5.48 Å². The van der Waals surface area contributed by atoms with E-state index in [2.05, 4.69) is 31.5 Å². The quantitative estimate of drug-likeness (QED) is 0.287. The molecule has 0 unspecified atom stereocenters. The van der Waals surface area contributed by atoms with E-state index in [1.807, 2.05) is 0 Å². The second kappa shape index (κ2) is 8.82. The molecule has 4 aliphatic rings. The van der Waals surface area contributed by atoms with E-state index in [-0.39, 0.29) is 11.5 Å². The Kier molecular flexibility index (Phi) is 6.68. The Morgan fingerprint density at radius 1 is 1.07 bits per heavy atom. The molecule has 0 heterocycles. The number of aliphatic hydroxyl groups is 2. The van der Waals surface area contributed by atoms with Crippen LogP contribution in [0.15, 0.2) is 12.2 Å². The van der Waals surface area contributed by atoms with E-state index in [9.17, 15) is 10.2 Å². The molecule has 5 nitrogen and oxygen atoms in total. The first-order valence-electron chi connectivity index (χ1n) is 12.5. The third-order valence-corrected chi connectivity index (χ3v) is 10.0. The minimum absolute atomic E-state index is 0.0253. The van der Waals surface area contributed by atoms with Gasteiger partial charge in [0, 0.05) is 12.0 Å². The topological polar surface area (TPSA) is 87.7 Å². The zero-order chi connectivity index (χ0) is 21.4. The number of hydrogen-bond acceptors (Lipinski definition) is 5. The summed E-state index contributed by atoms with van der Waals surface area (Å²) >= 11 is 0. The molecule has 172 valence electrons. The van der Waals surface area contributed by atoms with Crippen molar-refractivity contribution >= 4 is 0 Å². The third-order valence-electron chi connectivity index (χ3n) is 10.0. The summed E-state index contributed by atoms with van der Waals surface area (Å²) in [7, 11) is 0. The number of nitrogens with two attached hydrogens (primary N) is 1. The molecule has 0 aliphatic heterocycles. The molecule has 8 atom stereocenters. The summed E-state index contributed by atoms with van der Waals surface area (Å²) in [5, 5.41) is 22.4. The predicted molar refractivity (Wildman–Crippen MR) is 119 cm³/mol. The van der Waals surface area contributed by atoms with E-state index < -0.39 is 5.60 Å². The van der Waals surface area contributed by atoms with Crippen LogP contribution in [0.3, 0.4) is 0 Å². The molecular formula is C25H44N2O3. The van der Waals surface area contributed by atoms with E-state index in [0.717, 1.165) is 51.4 Å². The van der Waals surface area contributed by atoms with E-state index >= 15 is 0 Å². The van der Waals surface area contributed by atoms with E-state index in [0.29, 0.717) is 48.8 Å². The standard InChI is InChI=1S/C25H44N2O3/c1-23-11-9-20(28)17-19(23)6-7-22-21(23)10-12-24(2)18(8-13-25(22,24)29)5-3-15-27-30-16-4-14-26/h3,5,18-22,27-29H,4,6-17,26H2,1-2H3/b5-3+/t18-,19+,20-,21-,22+,23-,24+,25-/m0/s1. The van der Waals surface area contributed by atoms with Gasteiger partial charge in [0.05, 0.1) is 18.3 Å². The molecule has 0 bridgehead atoms. The van der Waals surface area contributed by atoms with Crippen LogP contribution in [0.4, 0.5) is 0 Å². The van der Waals surface area contributed by atoms with E-state index in [4.69, 9.17) is 10.6 Å². The highest BCUT2D eigenvalue weighted by Crippen LogP contribution is 2.69. The van der Waals surface area contributed by atoms with Gasteiger partial charge in [-0.05, 0) is 99.8 Å². The van der Waals surface area contributed by atoms with Gasteiger partial charge in [-0.15, -0.1) is 0 Å². The van der Waals surface area contributed by atoms with Gasteiger partial charge < -0.3 is 20.8 Å². The van der Waals surface area contributed by atoms with Crippen LogP contribution in [-0.4, -0.2) is 41.6 Å². The highest BCUT2D eigenvalue weighted by molar-refractivity contribution is 5.19. The Balaban J connectivity index is 1.43. The SMILES string of the molecule is C[C@]12CC[C@H](O)C[C@H]1CC[C@@H]1[C@@H]2CC[C@]2(C)[C@@H](/C=C/CNOCCCN)CC[C@]12O. The third kappa shape index (κ3) is 3.69. The van der Waals surface area contributed by atoms with Gasteiger partial charge in [-0.25, -0.2) is 0 Å². The minimum atomic E-state index is -0.542. The van der Waals surface area contributed by atoms with Crippen LogP contribution in [0.25, 0.3) is 0 Å². The highest BCUT2D eigenvalue weighted by atomic mass is 16.6. The zero-order valence-electron chi connectivity index (χ0n) is 19.1. The maximum atomic E-state index is 12.2. The summed E-state index contributed by atoms with van der Waals surface area (Å²) in [4.78, 5) is 5.38. The lowest BCUT2D eigenvalue weighted by atomic mass is 9.43. The van der Waals surface area contributed by atoms with Crippen LogP contribution in [0.1, 0.15) is 78.1 Å². The van der Waals surface area contributed by atoms with E-state index in [1.165, 1.54) is 12.8 Å². The Morgan fingerprint density at radius 2 is 1.90 bits per heavy atom. The summed E-state index contributed by atoms with van der Waals surface area (Å²) in [6, 6.07) is 0. The normalized spacial score (nSPS) is 48.4. The van der Waals surface area contributed by atoms with Crippen molar-refractivity contribution in [1.29, 1.82) is 0 Å². The molecule has 4 rings (SSSR count). The summed E-state index contributed by atoms with van der Waals surface area (Å²) in [6.45, 7) is 6.83. The van der Waals surface area contributed by atoms with Crippen LogP contribution in [0, 0.1) is 34.5 Å². The van der Waals surface area contributed by atoms with Crippen LogP contribution < -0.4 is 11.2 Å². The summed E-state index contributed by atoms with van der Waals surface area (Å²) < 4.78 is 0. The van der Waals surface area contributed by atoms with Crippen LogP contribution in [0.2, 0.25) is 0 Å². The number of fused-ring (bicyclic) bond motifs is 5. The first-order chi connectivity index (χ1) is 14.3. The molecule has 4 aliphatic carbocycles. The average Bonchev–Trinajstić information content (AvgIpc) is 2.99. The van der Waals surface area contributed by atoms with Crippen molar-refractivity contribution in [3.8, 4) is 0 Å². The molecule has 5 heteroatoms. The van der Waals surface area contributed by atoms with Gasteiger partial charge in [-0.3, -0.25) is 0 Å². The first kappa shape index (κ1) is 22.7. The molecule has 0 aromatic carbocycles. The first-order valence-corrected chi connectivity index (χ1v) is 12.5. The fourth-order valence-electron chi connectivity index (χ4n) is 8.12. The molecule has 0 saturated heterocycles. The smallest absolute Gasteiger partial charge is 0.0737 e. The molecule has 30 heavy (non-hydrogen) atoms. The number of nitrogens with one attached hydrogen (secondary N) is 1. The van der Waals surface area contributed by atoms with Gasteiger partial charge in [-0.2, -0.15) is 5.48 Å².